The number of carbonyl (C=O) groups excluding carboxylic acids is 1. The molecule has 0 bridgehead atoms. The fourth-order valence-electron chi connectivity index (χ4n) is 2.82. The van der Waals surface area contributed by atoms with Crippen molar-refractivity contribution in [2.45, 2.75) is 37.6 Å². The Labute approximate surface area is 160 Å². The number of carbonyl (C=O) groups is 1. The maximum absolute atomic E-state index is 12.5. The van der Waals surface area contributed by atoms with Crippen LogP contribution in [0.1, 0.15) is 35.7 Å². The molecule has 0 aliphatic heterocycles. The van der Waals surface area contributed by atoms with Crippen LogP contribution in [0, 0.1) is 6.92 Å². The van der Waals surface area contributed by atoms with Crippen LogP contribution in [-0.4, -0.2) is 38.3 Å². The van der Waals surface area contributed by atoms with Gasteiger partial charge in [0.1, 0.15) is 5.75 Å². The van der Waals surface area contributed by atoms with Crippen molar-refractivity contribution in [3.8, 4) is 5.75 Å². The van der Waals surface area contributed by atoms with Gasteiger partial charge in [-0.25, -0.2) is 8.42 Å². The van der Waals surface area contributed by atoms with E-state index in [2.05, 4.69) is 5.32 Å². The number of aryl methyl sites for hydroxylation is 1. The summed E-state index contributed by atoms with van der Waals surface area (Å²) < 4.78 is 31.9. The molecular weight excluding hydrogens is 364 g/mol. The highest BCUT2D eigenvalue weighted by Gasteiger charge is 2.34. The summed E-state index contributed by atoms with van der Waals surface area (Å²) in [4.78, 5) is 12.7. The number of ether oxygens (including phenoxy) is 1. The van der Waals surface area contributed by atoms with Gasteiger partial charge in [-0.2, -0.15) is 4.31 Å². The molecule has 1 saturated carbocycles. The number of hydrogen-bond acceptors (Lipinski definition) is 4. The van der Waals surface area contributed by atoms with E-state index in [1.54, 1.807) is 37.4 Å². The highest BCUT2D eigenvalue weighted by molar-refractivity contribution is 7.89. The molecule has 0 heterocycles. The van der Waals surface area contributed by atoms with Gasteiger partial charge in [-0.3, -0.25) is 4.79 Å². The highest BCUT2D eigenvalue weighted by Crippen LogP contribution is 2.30. The van der Waals surface area contributed by atoms with Crippen LogP contribution in [0.4, 0.5) is 5.69 Å². The van der Waals surface area contributed by atoms with Gasteiger partial charge in [-0.15, -0.1) is 0 Å². The zero-order valence-corrected chi connectivity index (χ0v) is 16.5. The van der Waals surface area contributed by atoms with Gasteiger partial charge in [-0.1, -0.05) is 0 Å². The summed E-state index contributed by atoms with van der Waals surface area (Å²) in [6, 6.07) is 11.6. The number of amides is 1. The zero-order chi connectivity index (χ0) is 19.6. The van der Waals surface area contributed by atoms with Crippen molar-refractivity contribution in [3.05, 3.63) is 53.6 Å². The third kappa shape index (κ3) is 4.31. The SMILES string of the molecule is CCOc1ccc(C(=O)Nc2ccc(S(=O)(=O)N(C)C3CC3)cc2)cc1C. The van der Waals surface area contributed by atoms with Crippen LogP contribution in [0.15, 0.2) is 47.4 Å². The first-order chi connectivity index (χ1) is 12.8. The van der Waals surface area contributed by atoms with Crippen LogP contribution in [0.25, 0.3) is 0 Å². The van der Waals surface area contributed by atoms with E-state index in [4.69, 9.17) is 4.74 Å². The molecular formula is C20H24N2O4S. The van der Waals surface area contributed by atoms with Gasteiger partial charge in [0.15, 0.2) is 0 Å². The van der Waals surface area contributed by atoms with Crippen molar-refractivity contribution in [1.82, 2.24) is 4.31 Å². The van der Waals surface area contributed by atoms with Gasteiger partial charge in [0, 0.05) is 24.3 Å². The molecule has 6 nitrogen and oxygen atoms in total. The molecule has 144 valence electrons. The second-order valence-electron chi connectivity index (χ2n) is 6.64. The van der Waals surface area contributed by atoms with Crippen LogP contribution >= 0.6 is 0 Å². The van der Waals surface area contributed by atoms with Crippen LogP contribution < -0.4 is 10.1 Å². The van der Waals surface area contributed by atoms with E-state index in [0.717, 1.165) is 24.2 Å². The number of nitrogens with zero attached hydrogens (tertiary/aromatic N) is 1. The summed E-state index contributed by atoms with van der Waals surface area (Å²) in [7, 11) is -1.87. The molecule has 0 aromatic heterocycles. The molecule has 27 heavy (non-hydrogen) atoms. The van der Waals surface area contributed by atoms with E-state index >= 15 is 0 Å². The van der Waals surface area contributed by atoms with Gasteiger partial charge in [0.25, 0.3) is 5.91 Å². The van der Waals surface area contributed by atoms with Crippen molar-refractivity contribution < 1.29 is 17.9 Å². The van der Waals surface area contributed by atoms with Gasteiger partial charge in [0.05, 0.1) is 11.5 Å². The summed E-state index contributed by atoms with van der Waals surface area (Å²) in [6.45, 7) is 4.36. The van der Waals surface area contributed by atoms with E-state index in [1.165, 1.54) is 16.4 Å². The number of rotatable bonds is 7. The normalized spacial score (nSPS) is 14.2. The number of nitrogens with one attached hydrogen (secondary N) is 1. The van der Waals surface area contributed by atoms with Gasteiger partial charge in [0.2, 0.25) is 10.0 Å². The van der Waals surface area contributed by atoms with E-state index in [0.29, 0.717) is 17.9 Å². The predicted octanol–water partition coefficient (Wildman–Crippen LogP) is 3.43. The molecule has 3 rings (SSSR count). The minimum Gasteiger partial charge on any atom is -0.494 e. The Bertz CT molecular complexity index is 935. The molecule has 2 aromatic carbocycles. The zero-order valence-electron chi connectivity index (χ0n) is 15.7. The number of sulfonamides is 1. The van der Waals surface area contributed by atoms with E-state index in [9.17, 15) is 13.2 Å². The van der Waals surface area contributed by atoms with E-state index in [-0.39, 0.29) is 16.8 Å². The van der Waals surface area contributed by atoms with Crippen molar-refractivity contribution in [3.63, 3.8) is 0 Å². The first-order valence-electron chi connectivity index (χ1n) is 8.96. The Balaban J connectivity index is 1.71. The highest BCUT2D eigenvalue weighted by atomic mass is 32.2. The Hall–Kier alpha value is -2.38. The lowest BCUT2D eigenvalue weighted by atomic mass is 10.1. The lowest BCUT2D eigenvalue weighted by molar-refractivity contribution is 0.102. The molecule has 1 aliphatic carbocycles. The molecule has 7 heteroatoms. The Morgan fingerprint density at radius 1 is 1.19 bits per heavy atom. The molecule has 1 N–H and O–H groups in total. The second kappa shape index (κ2) is 7.70. The molecule has 1 aliphatic rings. The molecule has 0 spiro atoms. The number of anilines is 1. The minimum absolute atomic E-state index is 0.109. The number of hydrogen-bond donors (Lipinski definition) is 1. The van der Waals surface area contributed by atoms with Crippen LogP contribution in [-0.2, 0) is 10.0 Å². The fraction of sp³-hybridized carbons (Fsp3) is 0.350. The topological polar surface area (TPSA) is 75.7 Å². The van der Waals surface area contributed by atoms with Crippen LogP contribution in [0.3, 0.4) is 0 Å². The molecule has 0 unspecified atom stereocenters. The first kappa shape index (κ1) is 19.4. The number of benzene rings is 2. The minimum atomic E-state index is -3.48. The molecule has 2 aromatic rings. The largest absolute Gasteiger partial charge is 0.494 e. The average molecular weight is 388 g/mol. The summed E-state index contributed by atoms with van der Waals surface area (Å²) >= 11 is 0. The standard InChI is InChI=1S/C20H24N2O4S/c1-4-26-19-12-5-15(13-14(19)2)20(23)21-16-6-10-18(11-7-16)27(24,25)22(3)17-8-9-17/h5-7,10-13,17H,4,8-9H2,1-3H3,(H,21,23). The summed E-state index contributed by atoms with van der Waals surface area (Å²) in [5, 5.41) is 2.79. The monoisotopic (exact) mass is 388 g/mol. The van der Waals surface area contributed by atoms with E-state index in [1.807, 2.05) is 13.8 Å². The van der Waals surface area contributed by atoms with Crippen LogP contribution in [0.5, 0.6) is 5.75 Å². The van der Waals surface area contributed by atoms with Gasteiger partial charge >= 0.3 is 0 Å². The molecule has 1 fully saturated rings. The Kier molecular flexibility index (Phi) is 5.53. The smallest absolute Gasteiger partial charge is 0.255 e. The summed E-state index contributed by atoms with van der Waals surface area (Å²) in [5.74, 6) is 0.496. The van der Waals surface area contributed by atoms with Crippen LogP contribution in [0.2, 0.25) is 0 Å². The molecule has 0 saturated heterocycles. The Morgan fingerprint density at radius 3 is 2.41 bits per heavy atom. The van der Waals surface area contributed by atoms with Gasteiger partial charge < -0.3 is 10.1 Å². The van der Waals surface area contributed by atoms with Gasteiger partial charge in [-0.05, 0) is 74.7 Å². The van der Waals surface area contributed by atoms with Crippen molar-refractivity contribution in [1.29, 1.82) is 0 Å². The second-order valence-corrected chi connectivity index (χ2v) is 8.64. The van der Waals surface area contributed by atoms with E-state index < -0.39 is 10.0 Å². The molecule has 0 atom stereocenters. The lowest BCUT2D eigenvalue weighted by Gasteiger charge is -2.16. The lowest BCUT2D eigenvalue weighted by Crippen LogP contribution is -2.28. The third-order valence-electron chi connectivity index (χ3n) is 4.59. The summed E-state index contributed by atoms with van der Waals surface area (Å²) in [5.41, 5.74) is 1.94. The third-order valence-corrected chi connectivity index (χ3v) is 6.51. The quantitative estimate of drug-likeness (QED) is 0.788. The fourth-order valence-corrected chi connectivity index (χ4v) is 4.24. The maximum Gasteiger partial charge on any atom is 0.255 e. The first-order valence-corrected chi connectivity index (χ1v) is 10.4. The molecule has 1 amide bonds. The molecule has 0 radical (unpaired) electrons. The summed E-state index contributed by atoms with van der Waals surface area (Å²) in [6.07, 6.45) is 1.82. The maximum atomic E-state index is 12.5. The van der Waals surface area contributed by atoms with Crippen molar-refractivity contribution in [2.24, 2.45) is 0 Å². The Morgan fingerprint density at radius 2 is 1.85 bits per heavy atom. The van der Waals surface area contributed by atoms with Crippen molar-refractivity contribution in [2.75, 3.05) is 19.0 Å². The predicted molar refractivity (Wildman–Crippen MR) is 105 cm³/mol. The van der Waals surface area contributed by atoms with Crippen molar-refractivity contribution >= 4 is 21.6 Å². The average Bonchev–Trinajstić information content (AvgIpc) is 3.48.